The van der Waals surface area contributed by atoms with Crippen LogP contribution < -0.4 is 15.4 Å². The molecule has 1 heterocycles. The molecule has 1 aromatic heterocycles. The van der Waals surface area contributed by atoms with Crippen LogP contribution >= 0.6 is 11.3 Å². The summed E-state index contributed by atoms with van der Waals surface area (Å²) in [5.74, 6) is 0.300. The van der Waals surface area contributed by atoms with Crippen LogP contribution in [-0.4, -0.2) is 16.8 Å². The van der Waals surface area contributed by atoms with E-state index in [1.165, 1.54) is 6.08 Å². The number of nitrogens with zero attached hydrogens (tertiary/aromatic N) is 1. The number of benzene rings is 2. The fraction of sp³-hybridized carbons (Fsp3) is 0.240. The summed E-state index contributed by atoms with van der Waals surface area (Å²) in [6.07, 6.45) is 3.16. The molecule has 0 bridgehead atoms. The third kappa shape index (κ3) is 6.78. The molecule has 0 saturated carbocycles. The molecule has 0 spiro atoms. The molecule has 0 atom stereocenters. The monoisotopic (exact) mass is 449 g/mol. The minimum absolute atomic E-state index is 0.0923. The van der Waals surface area contributed by atoms with Crippen molar-refractivity contribution >= 4 is 40.6 Å². The Kier molecular flexibility index (Phi) is 7.43. The van der Waals surface area contributed by atoms with E-state index in [4.69, 9.17) is 4.74 Å². The SMILES string of the molecule is Cc1nc(COc2ccccc2/C=C/C(=O)Nc2cccc(NC(=O)C(C)(C)C)c2)cs1. The van der Waals surface area contributed by atoms with Gasteiger partial charge in [-0.3, -0.25) is 9.59 Å². The molecule has 7 heteroatoms. The van der Waals surface area contributed by atoms with Gasteiger partial charge in [-0.15, -0.1) is 11.3 Å². The van der Waals surface area contributed by atoms with Gasteiger partial charge < -0.3 is 15.4 Å². The molecular weight excluding hydrogens is 422 g/mol. The summed E-state index contributed by atoms with van der Waals surface area (Å²) in [5.41, 5.74) is 2.39. The van der Waals surface area contributed by atoms with Gasteiger partial charge in [0, 0.05) is 33.8 Å². The van der Waals surface area contributed by atoms with Crippen LogP contribution in [0.5, 0.6) is 5.75 Å². The molecule has 0 fully saturated rings. The zero-order valence-electron chi connectivity index (χ0n) is 18.6. The number of aryl methyl sites for hydroxylation is 1. The first kappa shape index (κ1) is 23.2. The van der Waals surface area contributed by atoms with Crippen molar-refractivity contribution in [2.75, 3.05) is 10.6 Å². The number of carbonyl (C=O) groups is 2. The summed E-state index contributed by atoms with van der Waals surface area (Å²) in [6.45, 7) is 7.86. The predicted molar refractivity (Wildman–Crippen MR) is 130 cm³/mol. The molecule has 0 radical (unpaired) electrons. The number of anilines is 2. The smallest absolute Gasteiger partial charge is 0.248 e. The molecule has 2 N–H and O–H groups in total. The Bertz CT molecular complexity index is 1130. The van der Waals surface area contributed by atoms with Gasteiger partial charge in [-0.25, -0.2) is 4.98 Å². The first-order chi connectivity index (χ1) is 15.2. The van der Waals surface area contributed by atoms with E-state index >= 15 is 0 Å². The van der Waals surface area contributed by atoms with Gasteiger partial charge in [0.1, 0.15) is 12.4 Å². The average molecular weight is 450 g/mol. The van der Waals surface area contributed by atoms with Crippen molar-refractivity contribution in [1.29, 1.82) is 0 Å². The van der Waals surface area contributed by atoms with Crippen LogP contribution in [0.3, 0.4) is 0 Å². The van der Waals surface area contributed by atoms with Crippen LogP contribution in [0.15, 0.2) is 60.0 Å². The average Bonchev–Trinajstić information content (AvgIpc) is 3.16. The van der Waals surface area contributed by atoms with Gasteiger partial charge in [0.25, 0.3) is 0 Å². The van der Waals surface area contributed by atoms with Crippen LogP contribution in [0.25, 0.3) is 6.08 Å². The molecule has 2 aromatic carbocycles. The minimum Gasteiger partial charge on any atom is -0.487 e. The third-order valence-electron chi connectivity index (χ3n) is 4.44. The molecule has 3 aromatic rings. The van der Waals surface area contributed by atoms with Crippen molar-refractivity contribution < 1.29 is 14.3 Å². The summed E-state index contributed by atoms with van der Waals surface area (Å²) >= 11 is 1.58. The van der Waals surface area contributed by atoms with Crippen LogP contribution in [0.2, 0.25) is 0 Å². The van der Waals surface area contributed by atoms with Crippen LogP contribution in [0, 0.1) is 12.3 Å². The lowest BCUT2D eigenvalue weighted by Gasteiger charge is -2.18. The Labute approximate surface area is 192 Å². The zero-order chi connectivity index (χ0) is 23.1. The number of aromatic nitrogens is 1. The number of para-hydroxylation sites is 1. The van der Waals surface area contributed by atoms with E-state index in [0.29, 0.717) is 23.7 Å². The highest BCUT2D eigenvalue weighted by Gasteiger charge is 2.21. The molecule has 0 unspecified atom stereocenters. The summed E-state index contributed by atoms with van der Waals surface area (Å²) in [4.78, 5) is 29.0. The molecule has 32 heavy (non-hydrogen) atoms. The molecule has 0 saturated heterocycles. The second-order valence-electron chi connectivity index (χ2n) is 8.29. The van der Waals surface area contributed by atoms with E-state index in [-0.39, 0.29) is 11.8 Å². The Balaban J connectivity index is 1.62. The summed E-state index contributed by atoms with van der Waals surface area (Å²) < 4.78 is 5.89. The van der Waals surface area contributed by atoms with Crippen molar-refractivity contribution in [2.45, 2.75) is 34.3 Å². The van der Waals surface area contributed by atoms with E-state index in [1.807, 2.05) is 57.3 Å². The molecule has 0 aliphatic rings. The molecular formula is C25H27N3O3S. The Morgan fingerprint density at radius 2 is 1.78 bits per heavy atom. The highest BCUT2D eigenvalue weighted by atomic mass is 32.1. The number of nitrogens with one attached hydrogen (secondary N) is 2. The van der Waals surface area contributed by atoms with Crippen molar-refractivity contribution in [3.63, 3.8) is 0 Å². The lowest BCUT2D eigenvalue weighted by molar-refractivity contribution is -0.123. The quantitative estimate of drug-likeness (QED) is 0.456. The van der Waals surface area contributed by atoms with E-state index in [2.05, 4.69) is 15.6 Å². The standard InChI is InChI=1S/C25H27N3O3S/c1-17-26-21(16-32-17)15-31-22-11-6-5-8-18(22)12-13-23(29)27-19-9-7-10-20(14-19)28-24(30)25(2,3)4/h5-14,16H,15H2,1-4H3,(H,27,29)(H,28,30)/b13-12+. The maximum absolute atomic E-state index is 12.4. The van der Waals surface area contributed by atoms with Gasteiger partial charge in [0.2, 0.25) is 11.8 Å². The highest BCUT2D eigenvalue weighted by Crippen LogP contribution is 2.22. The third-order valence-corrected chi connectivity index (χ3v) is 5.27. The van der Waals surface area contributed by atoms with E-state index < -0.39 is 5.41 Å². The number of amides is 2. The molecule has 166 valence electrons. The molecule has 0 aliphatic carbocycles. The number of rotatable bonds is 7. The van der Waals surface area contributed by atoms with Crippen molar-refractivity contribution in [3.05, 3.63) is 76.3 Å². The van der Waals surface area contributed by atoms with E-state index in [0.717, 1.165) is 16.3 Å². The van der Waals surface area contributed by atoms with E-state index in [9.17, 15) is 9.59 Å². The lowest BCUT2D eigenvalue weighted by Crippen LogP contribution is -2.27. The number of ether oxygens (including phenoxy) is 1. The van der Waals surface area contributed by atoms with Gasteiger partial charge >= 0.3 is 0 Å². The van der Waals surface area contributed by atoms with Gasteiger partial charge in [-0.1, -0.05) is 45.0 Å². The largest absolute Gasteiger partial charge is 0.487 e. The normalized spacial score (nSPS) is 11.4. The maximum Gasteiger partial charge on any atom is 0.248 e. The Morgan fingerprint density at radius 3 is 2.47 bits per heavy atom. The topological polar surface area (TPSA) is 80.3 Å². The second kappa shape index (κ2) is 10.2. The highest BCUT2D eigenvalue weighted by molar-refractivity contribution is 7.09. The van der Waals surface area contributed by atoms with E-state index in [1.54, 1.807) is 41.7 Å². The van der Waals surface area contributed by atoms with Crippen LogP contribution in [0.4, 0.5) is 11.4 Å². The van der Waals surface area contributed by atoms with Crippen molar-refractivity contribution in [3.8, 4) is 5.75 Å². The summed E-state index contributed by atoms with van der Waals surface area (Å²) in [7, 11) is 0. The van der Waals surface area contributed by atoms with Crippen LogP contribution in [-0.2, 0) is 16.2 Å². The number of hydrogen-bond donors (Lipinski definition) is 2. The Hall–Kier alpha value is -3.45. The van der Waals surface area contributed by atoms with Gasteiger partial charge in [0.15, 0.2) is 0 Å². The van der Waals surface area contributed by atoms with Crippen molar-refractivity contribution in [1.82, 2.24) is 4.98 Å². The molecule has 2 amide bonds. The molecule has 3 rings (SSSR count). The van der Waals surface area contributed by atoms with Crippen molar-refractivity contribution in [2.24, 2.45) is 5.41 Å². The Morgan fingerprint density at radius 1 is 1.06 bits per heavy atom. The fourth-order valence-corrected chi connectivity index (χ4v) is 3.32. The summed E-state index contributed by atoms with van der Waals surface area (Å²) in [6, 6.07) is 14.6. The molecule has 6 nitrogen and oxygen atoms in total. The zero-order valence-corrected chi connectivity index (χ0v) is 19.5. The summed E-state index contributed by atoms with van der Waals surface area (Å²) in [5, 5.41) is 8.65. The number of thiazole rings is 1. The van der Waals surface area contributed by atoms with Gasteiger partial charge in [-0.2, -0.15) is 0 Å². The fourth-order valence-electron chi connectivity index (χ4n) is 2.72. The predicted octanol–water partition coefficient (Wildman–Crippen LogP) is 5.67. The van der Waals surface area contributed by atoms with Gasteiger partial charge in [-0.05, 0) is 37.3 Å². The number of hydrogen-bond acceptors (Lipinski definition) is 5. The van der Waals surface area contributed by atoms with Crippen LogP contribution in [0.1, 0.15) is 37.0 Å². The van der Waals surface area contributed by atoms with Gasteiger partial charge in [0.05, 0.1) is 10.7 Å². The number of carbonyl (C=O) groups excluding carboxylic acids is 2. The second-order valence-corrected chi connectivity index (χ2v) is 9.35. The molecule has 0 aliphatic heterocycles. The first-order valence-electron chi connectivity index (χ1n) is 10.2. The first-order valence-corrected chi connectivity index (χ1v) is 11.1. The lowest BCUT2D eigenvalue weighted by atomic mass is 9.95. The minimum atomic E-state index is -0.504. The maximum atomic E-state index is 12.4.